The molecule has 0 spiro atoms. The number of nitrogens with zero attached hydrogens (tertiary/aromatic N) is 1. The highest BCUT2D eigenvalue weighted by atomic mass is 19.4. The number of alkyl halides is 3. The predicted molar refractivity (Wildman–Crippen MR) is 108 cm³/mol. The molecule has 1 aromatic carbocycles. The molecule has 0 bridgehead atoms. The fraction of sp³-hybridized carbons (Fsp3) is 0.409. The van der Waals surface area contributed by atoms with E-state index in [1.165, 1.54) is 32.2 Å². The van der Waals surface area contributed by atoms with E-state index in [0.29, 0.717) is 0 Å². The van der Waals surface area contributed by atoms with Crippen molar-refractivity contribution in [1.29, 1.82) is 0 Å². The molecule has 2 heterocycles. The lowest BCUT2D eigenvalue weighted by molar-refractivity contribution is -0.272. The number of amides is 2. The molecule has 1 aliphatic heterocycles. The summed E-state index contributed by atoms with van der Waals surface area (Å²) in [7, 11) is 0. The summed E-state index contributed by atoms with van der Waals surface area (Å²) < 4.78 is 75.5. The second kappa shape index (κ2) is 8.69. The number of benzene rings is 1. The van der Waals surface area contributed by atoms with Crippen LogP contribution in [0.1, 0.15) is 48.3 Å². The second-order valence-electron chi connectivity index (χ2n) is 8.02. The van der Waals surface area contributed by atoms with Gasteiger partial charge in [0, 0.05) is 23.7 Å². The number of halogens is 5. The Balaban J connectivity index is 2.07. The standard InChI is InChI=1S/C22H22F5N3O3/c1-4-12-13(5-6-14(23)17(12)24)16-10(2)21(3,22(25,26)27)33-18(16)20(32)30-11-7-8-29-15(9-11)19(28)31/h5-10,16,18H,4H2,1-3H3,(H2,28,31)(H,29,30,32)/t10-,16-,18+,21+/m0/s1. The van der Waals surface area contributed by atoms with E-state index >= 15 is 0 Å². The van der Waals surface area contributed by atoms with E-state index in [1.807, 2.05) is 0 Å². The van der Waals surface area contributed by atoms with Crippen molar-refractivity contribution in [1.82, 2.24) is 4.98 Å². The molecular weight excluding hydrogens is 449 g/mol. The molecule has 178 valence electrons. The van der Waals surface area contributed by atoms with Gasteiger partial charge in [-0.3, -0.25) is 14.6 Å². The first-order valence-corrected chi connectivity index (χ1v) is 10.1. The average Bonchev–Trinajstić information content (AvgIpc) is 3.02. The van der Waals surface area contributed by atoms with Gasteiger partial charge in [0.25, 0.3) is 11.8 Å². The fourth-order valence-corrected chi connectivity index (χ4v) is 4.16. The highest BCUT2D eigenvalue weighted by molar-refractivity contribution is 5.97. The molecule has 33 heavy (non-hydrogen) atoms. The molecular formula is C22H22F5N3O3. The molecule has 3 rings (SSSR count). The van der Waals surface area contributed by atoms with Gasteiger partial charge >= 0.3 is 6.18 Å². The Labute approximate surface area is 186 Å². The van der Waals surface area contributed by atoms with Gasteiger partial charge < -0.3 is 15.8 Å². The van der Waals surface area contributed by atoms with Crippen molar-refractivity contribution in [3.63, 3.8) is 0 Å². The van der Waals surface area contributed by atoms with E-state index in [2.05, 4.69) is 10.3 Å². The fourth-order valence-electron chi connectivity index (χ4n) is 4.16. The van der Waals surface area contributed by atoms with Gasteiger partial charge in [0.2, 0.25) is 0 Å². The number of nitrogens with one attached hydrogen (secondary N) is 1. The van der Waals surface area contributed by atoms with Gasteiger partial charge in [-0.1, -0.05) is 19.9 Å². The molecule has 0 unspecified atom stereocenters. The molecule has 2 amide bonds. The minimum atomic E-state index is -4.85. The number of aromatic nitrogens is 1. The number of nitrogens with two attached hydrogens (primary N) is 1. The van der Waals surface area contributed by atoms with Crippen LogP contribution in [-0.2, 0) is 16.0 Å². The maximum atomic E-state index is 14.5. The van der Waals surface area contributed by atoms with Crippen molar-refractivity contribution in [2.24, 2.45) is 11.7 Å². The van der Waals surface area contributed by atoms with Crippen LogP contribution in [0, 0.1) is 17.6 Å². The first-order chi connectivity index (χ1) is 15.3. The first-order valence-electron chi connectivity index (χ1n) is 10.1. The smallest absolute Gasteiger partial charge is 0.364 e. The maximum absolute atomic E-state index is 14.5. The summed E-state index contributed by atoms with van der Waals surface area (Å²) in [6.07, 6.45) is -5.35. The Morgan fingerprint density at radius 1 is 1.24 bits per heavy atom. The van der Waals surface area contributed by atoms with Gasteiger partial charge in [-0.05, 0) is 42.7 Å². The average molecular weight is 471 g/mol. The Morgan fingerprint density at radius 3 is 2.48 bits per heavy atom. The molecule has 4 atom stereocenters. The number of hydrogen-bond acceptors (Lipinski definition) is 4. The molecule has 11 heteroatoms. The van der Waals surface area contributed by atoms with Crippen LogP contribution >= 0.6 is 0 Å². The van der Waals surface area contributed by atoms with Crippen LogP contribution in [-0.4, -0.2) is 34.7 Å². The molecule has 0 aliphatic carbocycles. The summed E-state index contributed by atoms with van der Waals surface area (Å²) in [5.74, 6) is -6.69. The van der Waals surface area contributed by atoms with E-state index in [9.17, 15) is 31.5 Å². The highest BCUT2D eigenvalue weighted by Gasteiger charge is 2.65. The zero-order chi connectivity index (χ0) is 24.7. The van der Waals surface area contributed by atoms with Crippen molar-refractivity contribution >= 4 is 17.5 Å². The summed E-state index contributed by atoms with van der Waals surface area (Å²) in [6, 6.07) is 4.47. The van der Waals surface area contributed by atoms with E-state index in [1.54, 1.807) is 0 Å². The molecule has 3 N–H and O–H groups in total. The lowest BCUT2D eigenvalue weighted by atomic mass is 9.75. The number of carbonyl (C=O) groups is 2. The van der Waals surface area contributed by atoms with Gasteiger partial charge in [0.05, 0.1) is 0 Å². The Kier molecular flexibility index (Phi) is 6.47. The van der Waals surface area contributed by atoms with Crippen LogP contribution < -0.4 is 11.1 Å². The summed E-state index contributed by atoms with van der Waals surface area (Å²) >= 11 is 0. The highest BCUT2D eigenvalue weighted by Crippen LogP contribution is 2.54. The Morgan fingerprint density at radius 2 is 1.91 bits per heavy atom. The van der Waals surface area contributed by atoms with Crippen LogP contribution in [0.4, 0.5) is 27.6 Å². The van der Waals surface area contributed by atoms with Crippen molar-refractivity contribution in [2.45, 2.75) is 51.0 Å². The van der Waals surface area contributed by atoms with E-state index in [-0.39, 0.29) is 28.9 Å². The molecule has 6 nitrogen and oxygen atoms in total. The topological polar surface area (TPSA) is 94.3 Å². The second-order valence-corrected chi connectivity index (χ2v) is 8.02. The van der Waals surface area contributed by atoms with Gasteiger partial charge in [-0.25, -0.2) is 8.78 Å². The lowest BCUT2D eigenvalue weighted by Gasteiger charge is -2.32. The van der Waals surface area contributed by atoms with E-state index in [4.69, 9.17) is 10.5 Å². The zero-order valence-electron chi connectivity index (χ0n) is 18.0. The minimum Gasteiger partial charge on any atom is -0.364 e. The van der Waals surface area contributed by atoms with Gasteiger partial charge in [-0.15, -0.1) is 0 Å². The third-order valence-electron chi connectivity index (χ3n) is 6.15. The Bertz CT molecular complexity index is 1090. The molecule has 1 saturated heterocycles. The number of ether oxygens (including phenoxy) is 1. The molecule has 2 aromatic rings. The van der Waals surface area contributed by atoms with Crippen LogP contribution in [0.25, 0.3) is 0 Å². The van der Waals surface area contributed by atoms with Gasteiger partial charge in [0.15, 0.2) is 17.2 Å². The summed E-state index contributed by atoms with van der Waals surface area (Å²) in [5, 5.41) is 2.41. The van der Waals surface area contributed by atoms with Crippen LogP contribution in [0.2, 0.25) is 0 Å². The number of primary amides is 1. The minimum absolute atomic E-state index is 0.00839. The van der Waals surface area contributed by atoms with Crippen molar-refractivity contribution in [2.75, 3.05) is 5.32 Å². The largest absolute Gasteiger partial charge is 0.417 e. The quantitative estimate of drug-likeness (QED) is 0.642. The van der Waals surface area contributed by atoms with Crippen LogP contribution in [0.5, 0.6) is 0 Å². The van der Waals surface area contributed by atoms with Crippen LogP contribution in [0.15, 0.2) is 30.5 Å². The third-order valence-corrected chi connectivity index (χ3v) is 6.15. The SMILES string of the molecule is CCc1c([C@H]2[C@H](C(=O)Nc3ccnc(C(N)=O)c3)O[C@@](C)(C(F)(F)F)[C@H]2C)ccc(F)c1F. The van der Waals surface area contributed by atoms with Gasteiger partial charge in [-0.2, -0.15) is 13.2 Å². The number of carbonyl (C=O) groups excluding carboxylic acids is 2. The van der Waals surface area contributed by atoms with Gasteiger partial charge in [0.1, 0.15) is 11.8 Å². The molecule has 1 aromatic heterocycles. The molecule has 0 radical (unpaired) electrons. The summed E-state index contributed by atoms with van der Waals surface area (Å²) in [4.78, 5) is 28.1. The molecule has 1 aliphatic rings. The number of rotatable bonds is 5. The third kappa shape index (κ3) is 4.29. The van der Waals surface area contributed by atoms with Crippen molar-refractivity contribution < 1.29 is 36.3 Å². The van der Waals surface area contributed by atoms with Crippen LogP contribution in [0.3, 0.4) is 0 Å². The van der Waals surface area contributed by atoms with Crippen molar-refractivity contribution in [3.8, 4) is 0 Å². The number of pyridine rings is 1. The zero-order valence-corrected chi connectivity index (χ0v) is 18.0. The maximum Gasteiger partial charge on any atom is 0.417 e. The Hall–Kier alpha value is -3.08. The first kappa shape index (κ1) is 24.6. The van der Waals surface area contributed by atoms with E-state index < -0.39 is 53.2 Å². The molecule has 1 fully saturated rings. The normalized spacial score (nSPS) is 25.2. The lowest BCUT2D eigenvalue weighted by Crippen LogP contribution is -2.47. The molecule has 0 saturated carbocycles. The van der Waals surface area contributed by atoms with E-state index in [0.717, 1.165) is 19.1 Å². The summed E-state index contributed by atoms with van der Waals surface area (Å²) in [6.45, 7) is 3.60. The summed E-state index contributed by atoms with van der Waals surface area (Å²) in [5.41, 5.74) is 2.26. The predicted octanol–water partition coefficient (Wildman–Crippen LogP) is 4.10. The number of hydrogen-bond donors (Lipinski definition) is 2. The number of anilines is 1. The van der Waals surface area contributed by atoms with Crippen molar-refractivity contribution in [3.05, 3.63) is 58.9 Å². The monoisotopic (exact) mass is 471 g/mol.